The van der Waals surface area contributed by atoms with Gasteiger partial charge in [0.1, 0.15) is 39.2 Å². The van der Waals surface area contributed by atoms with Gasteiger partial charge in [-0.2, -0.15) is 0 Å². The summed E-state index contributed by atoms with van der Waals surface area (Å²) < 4.78 is 0. The fourth-order valence-electron chi connectivity index (χ4n) is 6.18. The molecule has 0 aliphatic rings. The van der Waals surface area contributed by atoms with E-state index in [0.717, 1.165) is 44.0 Å². The molecule has 0 bridgehead atoms. The van der Waals surface area contributed by atoms with E-state index in [2.05, 4.69) is 109 Å². The maximum absolute atomic E-state index is 6.51. The molecule has 7 aromatic carbocycles. The molecule has 0 fully saturated rings. The fourth-order valence-corrected chi connectivity index (χ4v) is 6.18. The molecule has 0 aliphatic heterocycles. The molecule has 43 heavy (non-hydrogen) atoms. The lowest BCUT2D eigenvalue weighted by Crippen LogP contribution is -2.55. The topological polar surface area (TPSA) is 0 Å². The van der Waals surface area contributed by atoms with Crippen molar-refractivity contribution < 1.29 is 0 Å². The zero-order valence-electron chi connectivity index (χ0n) is 23.5. The summed E-state index contributed by atoms with van der Waals surface area (Å²) in [6, 6.07) is 44.5. The lowest BCUT2D eigenvalue weighted by Gasteiger charge is -2.23. The van der Waals surface area contributed by atoms with Crippen molar-refractivity contribution in [3.8, 4) is 44.5 Å². The molecule has 0 aliphatic carbocycles. The summed E-state index contributed by atoms with van der Waals surface area (Å²) in [6.45, 7) is 0. The lowest BCUT2D eigenvalue weighted by atomic mass is 9.59. The molecular weight excluding hydrogens is 510 g/mol. The van der Waals surface area contributed by atoms with Crippen LogP contribution in [0.1, 0.15) is 0 Å². The fraction of sp³-hybridized carbons (Fsp3) is 0. The minimum atomic E-state index is 0.205. The molecule has 0 spiro atoms. The van der Waals surface area contributed by atoms with Gasteiger partial charge in [0.05, 0.1) is 0 Å². The molecule has 0 heterocycles. The van der Waals surface area contributed by atoms with Gasteiger partial charge in [-0.15, -0.1) is 16.4 Å². The first kappa shape index (κ1) is 27.2. The van der Waals surface area contributed by atoms with Crippen molar-refractivity contribution in [2.75, 3.05) is 0 Å². The number of fused-ring (bicyclic) bond motifs is 2. The highest BCUT2D eigenvalue weighted by atomic mass is 14.2. The van der Waals surface area contributed by atoms with Gasteiger partial charge in [0.2, 0.25) is 0 Å². The maximum atomic E-state index is 6.51. The Morgan fingerprint density at radius 2 is 0.628 bits per heavy atom. The average Bonchev–Trinajstić information content (AvgIpc) is 3.06. The van der Waals surface area contributed by atoms with E-state index in [4.69, 9.17) is 39.2 Å². The molecule has 7 aromatic rings. The van der Waals surface area contributed by atoms with Crippen LogP contribution in [-0.2, 0) is 0 Å². The second-order valence-electron chi connectivity index (χ2n) is 10.8. The minimum absolute atomic E-state index is 0.205. The predicted molar refractivity (Wildman–Crippen MR) is 190 cm³/mol. The molecule has 0 aromatic heterocycles. The minimum Gasteiger partial charge on any atom is -0.112 e. The monoisotopic (exact) mass is 532 g/mol. The van der Waals surface area contributed by atoms with E-state index < -0.39 is 0 Å². The highest BCUT2D eigenvalue weighted by Crippen LogP contribution is 2.44. The van der Waals surface area contributed by atoms with E-state index in [-0.39, 0.29) is 16.4 Å². The van der Waals surface area contributed by atoms with E-state index >= 15 is 0 Å². The van der Waals surface area contributed by atoms with Crippen LogP contribution in [0.3, 0.4) is 0 Å². The summed E-state index contributed by atoms with van der Waals surface area (Å²) in [6.07, 6.45) is 0. The Bertz CT molecular complexity index is 2120. The third kappa shape index (κ3) is 4.55. The molecule has 0 nitrogen and oxygen atoms in total. The van der Waals surface area contributed by atoms with Crippen LogP contribution in [0, 0.1) is 0 Å². The molecule has 0 atom stereocenters. The lowest BCUT2D eigenvalue weighted by molar-refractivity contribution is 1.61. The molecule has 0 N–H and O–H groups in total. The molecule has 0 amide bonds. The average molecular weight is 532 g/mol. The third-order valence-electron chi connectivity index (χ3n) is 8.36. The Morgan fingerprint density at radius 1 is 0.256 bits per heavy atom. The number of benzene rings is 7. The first-order valence-electron chi connectivity index (χ1n) is 14.2. The summed E-state index contributed by atoms with van der Waals surface area (Å²) in [5, 5.41) is 4.51. The van der Waals surface area contributed by atoms with E-state index in [1.807, 2.05) is 18.2 Å². The second-order valence-corrected chi connectivity index (χ2v) is 10.8. The van der Waals surface area contributed by atoms with Crippen LogP contribution in [0.15, 0.2) is 127 Å². The van der Waals surface area contributed by atoms with Gasteiger partial charge in [0, 0.05) is 0 Å². The summed E-state index contributed by atoms with van der Waals surface area (Å²) in [7, 11) is 31.7. The summed E-state index contributed by atoms with van der Waals surface area (Å²) in [5.41, 5.74) is 9.63. The van der Waals surface area contributed by atoms with Crippen molar-refractivity contribution in [2.24, 2.45) is 0 Å². The molecule has 0 unspecified atom stereocenters. The van der Waals surface area contributed by atoms with Gasteiger partial charge in [0.25, 0.3) is 0 Å². The van der Waals surface area contributed by atoms with Crippen molar-refractivity contribution in [1.82, 2.24) is 0 Å². The van der Waals surface area contributed by atoms with Crippen molar-refractivity contribution in [1.29, 1.82) is 0 Å². The Balaban J connectivity index is 1.56. The predicted octanol–water partition coefficient (Wildman–Crippen LogP) is 4.63. The largest absolute Gasteiger partial charge is 0.113 e. The van der Waals surface area contributed by atoms with Crippen LogP contribution in [0.4, 0.5) is 0 Å². The van der Waals surface area contributed by atoms with Gasteiger partial charge in [-0.3, -0.25) is 0 Å². The van der Waals surface area contributed by atoms with Gasteiger partial charge in [0.15, 0.2) is 0 Å². The Kier molecular flexibility index (Phi) is 6.90. The maximum Gasteiger partial charge on any atom is 0.113 e. The normalized spacial score (nSPS) is 11.3. The molecule has 10 radical (unpaired) electrons. The molecule has 7 rings (SSSR count). The van der Waals surface area contributed by atoms with Gasteiger partial charge < -0.3 is 0 Å². The van der Waals surface area contributed by atoms with Gasteiger partial charge in [-0.1, -0.05) is 132 Å². The third-order valence-corrected chi connectivity index (χ3v) is 8.36. The first-order valence-corrected chi connectivity index (χ1v) is 14.2. The summed E-state index contributed by atoms with van der Waals surface area (Å²) >= 11 is 0. The van der Waals surface area contributed by atoms with Crippen LogP contribution < -0.4 is 27.3 Å². The summed E-state index contributed by atoms with van der Waals surface area (Å²) in [5.74, 6) is 0. The second kappa shape index (κ2) is 10.9. The number of hydrogen-bond donors (Lipinski definition) is 0. The van der Waals surface area contributed by atoms with E-state index in [9.17, 15) is 0 Å². The van der Waals surface area contributed by atoms with Gasteiger partial charge >= 0.3 is 0 Å². The first-order chi connectivity index (χ1) is 20.9. The van der Waals surface area contributed by atoms with Gasteiger partial charge in [-0.25, -0.2) is 0 Å². The van der Waals surface area contributed by atoms with Crippen LogP contribution in [-0.4, -0.2) is 39.2 Å². The Hall–Kier alpha value is -4.62. The number of hydrogen-bond acceptors (Lipinski definition) is 0. The Labute approximate surface area is 259 Å². The molecule has 0 saturated heterocycles. The molecule has 0 saturated carbocycles. The van der Waals surface area contributed by atoms with E-state index in [1.165, 1.54) is 16.5 Å². The highest BCUT2D eigenvalue weighted by Gasteiger charge is 2.19. The highest BCUT2D eigenvalue weighted by molar-refractivity contribution is 6.68. The standard InChI is InChI=1S/C38H21B5/c39-34-33(35(40)37(42)38(43)36(34)41)26-19-20-29-30(21-26)32(24-11-5-2-6-12-24)28-14-8-7-13-27(28)31(29)25-17-15-23(16-18-25)22-9-3-1-4-10-22/h1-21H. The summed E-state index contributed by atoms with van der Waals surface area (Å²) in [4.78, 5) is 0. The van der Waals surface area contributed by atoms with Crippen molar-refractivity contribution in [2.45, 2.75) is 0 Å². The van der Waals surface area contributed by atoms with Crippen LogP contribution >= 0.6 is 0 Å². The van der Waals surface area contributed by atoms with Crippen LogP contribution in [0.2, 0.25) is 0 Å². The molecule has 188 valence electrons. The Morgan fingerprint density at radius 3 is 1.21 bits per heavy atom. The van der Waals surface area contributed by atoms with Crippen molar-refractivity contribution >= 4 is 88.1 Å². The zero-order valence-corrected chi connectivity index (χ0v) is 23.5. The van der Waals surface area contributed by atoms with E-state index in [1.54, 1.807) is 0 Å². The number of rotatable bonds is 4. The molecule has 5 heteroatoms. The SMILES string of the molecule is [B]c1c([B])c([B])c(-c2ccc3c(-c4ccc(-c5ccccc5)cc4)c4ccccc4c(-c4ccccc4)c3c2)c([B])c1[B]. The van der Waals surface area contributed by atoms with Crippen molar-refractivity contribution in [3.05, 3.63) is 127 Å². The van der Waals surface area contributed by atoms with E-state index in [0.29, 0.717) is 16.5 Å². The van der Waals surface area contributed by atoms with Crippen LogP contribution in [0.25, 0.3) is 66.1 Å². The molecular formula is C38H21B5. The zero-order chi connectivity index (χ0) is 29.7. The van der Waals surface area contributed by atoms with Crippen molar-refractivity contribution in [3.63, 3.8) is 0 Å². The smallest absolute Gasteiger partial charge is 0.112 e. The van der Waals surface area contributed by atoms with Gasteiger partial charge in [-0.05, 0) is 72.1 Å². The van der Waals surface area contributed by atoms with Crippen LogP contribution in [0.5, 0.6) is 0 Å². The quantitative estimate of drug-likeness (QED) is 0.230.